The van der Waals surface area contributed by atoms with Gasteiger partial charge in [-0.25, -0.2) is 0 Å². The number of likely N-dealkylation sites (N-methyl/N-ethyl adjacent to an activating group) is 1. The standard InChI is InChI=1S/C15H22N2/c1-4-11-16-13-15(17(3)12-5-2)14-9-7-6-8-10-14/h2,6-10,15-16H,4,11-13H2,1,3H3. The first-order valence-corrected chi connectivity index (χ1v) is 6.19. The Bertz CT molecular complexity index is 340. The third-order valence-electron chi connectivity index (χ3n) is 2.82. The fourth-order valence-corrected chi connectivity index (χ4v) is 1.87. The quantitative estimate of drug-likeness (QED) is 0.571. The molecule has 0 aliphatic rings. The van der Waals surface area contributed by atoms with Gasteiger partial charge in [0.2, 0.25) is 0 Å². The molecule has 1 N–H and O–H groups in total. The molecule has 0 bridgehead atoms. The topological polar surface area (TPSA) is 15.3 Å². The molecule has 1 atom stereocenters. The third-order valence-corrected chi connectivity index (χ3v) is 2.82. The van der Waals surface area contributed by atoms with E-state index in [1.807, 2.05) is 6.07 Å². The second-order valence-corrected chi connectivity index (χ2v) is 4.25. The Kier molecular flexibility index (Phi) is 6.39. The average molecular weight is 230 g/mol. The van der Waals surface area contributed by atoms with Crippen molar-refractivity contribution in [1.82, 2.24) is 10.2 Å². The van der Waals surface area contributed by atoms with Gasteiger partial charge in [0.25, 0.3) is 0 Å². The predicted molar refractivity (Wildman–Crippen MR) is 73.8 cm³/mol. The van der Waals surface area contributed by atoms with Crippen LogP contribution in [0.25, 0.3) is 0 Å². The minimum absolute atomic E-state index is 0.346. The van der Waals surface area contributed by atoms with Crippen LogP contribution >= 0.6 is 0 Å². The molecule has 92 valence electrons. The van der Waals surface area contributed by atoms with Gasteiger partial charge in [-0.05, 0) is 25.6 Å². The molecule has 17 heavy (non-hydrogen) atoms. The molecule has 2 heteroatoms. The minimum Gasteiger partial charge on any atom is -0.315 e. The van der Waals surface area contributed by atoms with E-state index in [1.165, 1.54) is 5.56 Å². The number of nitrogens with zero attached hydrogens (tertiary/aromatic N) is 1. The van der Waals surface area contributed by atoms with Crippen molar-refractivity contribution in [3.8, 4) is 12.3 Å². The van der Waals surface area contributed by atoms with E-state index in [0.29, 0.717) is 12.6 Å². The van der Waals surface area contributed by atoms with Gasteiger partial charge in [-0.2, -0.15) is 0 Å². The maximum absolute atomic E-state index is 5.39. The molecule has 1 aromatic rings. The lowest BCUT2D eigenvalue weighted by molar-refractivity contribution is 0.266. The highest BCUT2D eigenvalue weighted by molar-refractivity contribution is 5.19. The molecule has 1 rings (SSSR count). The summed E-state index contributed by atoms with van der Waals surface area (Å²) in [5, 5.41) is 3.46. The number of hydrogen-bond acceptors (Lipinski definition) is 2. The number of rotatable bonds is 7. The summed E-state index contributed by atoms with van der Waals surface area (Å²) in [6.45, 7) is 4.84. The number of hydrogen-bond donors (Lipinski definition) is 1. The molecule has 1 aromatic carbocycles. The molecule has 0 amide bonds. The SMILES string of the molecule is C#CCN(C)C(CNCCC)c1ccccc1. The first kappa shape index (κ1) is 13.8. The van der Waals surface area contributed by atoms with Crippen LogP contribution in [-0.4, -0.2) is 31.6 Å². The van der Waals surface area contributed by atoms with E-state index in [1.54, 1.807) is 0 Å². The number of nitrogens with one attached hydrogen (secondary N) is 1. The van der Waals surface area contributed by atoms with Gasteiger partial charge in [0.1, 0.15) is 0 Å². The van der Waals surface area contributed by atoms with Crippen LogP contribution in [0.5, 0.6) is 0 Å². The van der Waals surface area contributed by atoms with Crippen LogP contribution in [0.3, 0.4) is 0 Å². The Morgan fingerprint density at radius 3 is 2.65 bits per heavy atom. The number of benzene rings is 1. The van der Waals surface area contributed by atoms with Crippen molar-refractivity contribution in [3.05, 3.63) is 35.9 Å². The fourth-order valence-electron chi connectivity index (χ4n) is 1.87. The Hall–Kier alpha value is -1.30. The normalized spacial score (nSPS) is 12.4. The Morgan fingerprint density at radius 2 is 2.06 bits per heavy atom. The van der Waals surface area contributed by atoms with Gasteiger partial charge >= 0.3 is 0 Å². The molecule has 2 nitrogen and oxygen atoms in total. The lowest BCUT2D eigenvalue weighted by atomic mass is 10.1. The largest absolute Gasteiger partial charge is 0.315 e. The molecule has 0 spiro atoms. The van der Waals surface area contributed by atoms with E-state index < -0.39 is 0 Å². The van der Waals surface area contributed by atoms with Gasteiger partial charge in [-0.1, -0.05) is 43.2 Å². The summed E-state index contributed by atoms with van der Waals surface area (Å²) >= 11 is 0. The second kappa shape index (κ2) is 7.89. The smallest absolute Gasteiger partial charge is 0.0601 e. The van der Waals surface area contributed by atoms with E-state index in [9.17, 15) is 0 Å². The highest BCUT2D eigenvalue weighted by Gasteiger charge is 2.15. The maximum atomic E-state index is 5.39. The Morgan fingerprint density at radius 1 is 1.35 bits per heavy atom. The average Bonchev–Trinajstić information content (AvgIpc) is 2.36. The van der Waals surface area contributed by atoms with Crippen LogP contribution in [-0.2, 0) is 0 Å². The van der Waals surface area contributed by atoms with Crippen LogP contribution in [0.2, 0.25) is 0 Å². The van der Waals surface area contributed by atoms with Gasteiger partial charge in [0.15, 0.2) is 0 Å². The van der Waals surface area contributed by atoms with E-state index in [4.69, 9.17) is 6.42 Å². The van der Waals surface area contributed by atoms with Gasteiger partial charge in [0, 0.05) is 12.6 Å². The summed E-state index contributed by atoms with van der Waals surface area (Å²) in [6, 6.07) is 10.9. The molecular formula is C15H22N2. The van der Waals surface area contributed by atoms with Crippen molar-refractivity contribution >= 4 is 0 Å². The van der Waals surface area contributed by atoms with E-state index >= 15 is 0 Å². The minimum atomic E-state index is 0.346. The highest BCUT2D eigenvalue weighted by Crippen LogP contribution is 2.17. The summed E-state index contributed by atoms with van der Waals surface area (Å²) in [6.07, 6.45) is 6.54. The van der Waals surface area contributed by atoms with Crippen molar-refractivity contribution in [2.24, 2.45) is 0 Å². The summed E-state index contributed by atoms with van der Waals surface area (Å²) in [7, 11) is 2.07. The van der Waals surface area contributed by atoms with Gasteiger partial charge in [0.05, 0.1) is 6.54 Å². The van der Waals surface area contributed by atoms with Crippen molar-refractivity contribution in [2.75, 3.05) is 26.7 Å². The molecule has 0 aromatic heterocycles. The van der Waals surface area contributed by atoms with Crippen LogP contribution in [0.1, 0.15) is 24.9 Å². The summed E-state index contributed by atoms with van der Waals surface area (Å²) < 4.78 is 0. The highest BCUT2D eigenvalue weighted by atomic mass is 15.1. The van der Waals surface area contributed by atoms with Crippen molar-refractivity contribution < 1.29 is 0 Å². The molecule has 0 saturated carbocycles. The Balaban J connectivity index is 2.69. The van der Waals surface area contributed by atoms with Crippen LogP contribution < -0.4 is 5.32 Å². The van der Waals surface area contributed by atoms with E-state index in [2.05, 4.69) is 54.4 Å². The lowest BCUT2D eigenvalue weighted by Crippen LogP contribution is -2.34. The van der Waals surface area contributed by atoms with Crippen LogP contribution in [0.15, 0.2) is 30.3 Å². The molecule has 0 radical (unpaired) electrons. The van der Waals surface area contributed by atoms with E-state index in [0.717, 1.165) is 19.5 Å². The maximum Gasteiger partial charge on any atom is 0.0601 e. The fraction of sp³-hybridized carbons (Fsp3) is 0.467. The molecule has 0 aliphatic heterocycles. The van der Waals surface area contributed by atoms with Crippen molar-refractivity contribution in [1.29, 1.82) is 0 Å². The summed E-state index contributed by atoms with van der Waals surface area (Å²) in [4.78, 5) is 2.21. The molecule has 0 fully saturated rings. The first-order chi connectivity index (χ1) is 8.29. The van der Waals surface area contributed by atoms with Crippen LogP contribution in [0, 0.1) is 12.3 Å². The molecule has 0 heterocycles. The monoisotopic (exact) mass is 230 g/mol. The predicted octanol–water partition coefficient (Wildman–Crippen LogP) is 2.29. The molecule has 1 unspecified atom stereocenters. The van der Waals surface area contributed by atoms with E-state index in [-0.39, 0.29) is 0 Å². The number of terminal acetylenes is 1. The lowest BCUT2D eigenvalue weighted by Gasteiger charge is -2.27. The third kappa shape index (κ3) is 4.60. The first-order valence-electron chi connectivity index (χ1n) is 6.19. The van der Waals surface area contributed by atoms with Gasteiger partial charge in [-0.3, -0.25) is 4.90 Å². The zero-order chi connectivity index (χ0) is 12.5. The molecular weight excluding hydrogens is 208 g/mol. The van der Waals surface area contributed by atoms with Crippen LogP contribution in [0.4, 0.5) is 0 Å². The summed E-state index contributed by atoms with van der Waals surface area (Å²) in [5.74, 6) is 2.71. The van der Waals surface area contributed by atoms with Crippen molar-refractivity contribution in [3.63, 3.8) is 0 Å². The van der Waals surface area contributed by atoms with Gasteiger partial charge < -0.3 is 5.32 Å². The zero-order valence-corrected chi connectivity index (χ0v) is 10.8. The Labute approximate surface area is 105 Å². The summed E-state index contributed by atoms with van der Waals surface area (Å²) in [5.41, 5.74) is 1.31. The zero-order valence-electron chi connectivity index (χ0n) is 10.8. The molecule has 0 aliphatic carbocycles. The second-order valence-electron chi connectivity index (χ2n) is 4.25. The van der Waals surface area contributed by atoms with Gasteiger partial charge in [-0.15, -0.1) is 6.42 Å². The molecule has 0 saturated heterocycles. The van der Waals surface area contributed by atoms with Crippen molar-refractivity contribution in [2.45, 2.75) is 19.4 Å².